The molecule has 2 aromatic carbocycles. The maximum Gasteiger partial charge on any atom is 0.344 e. The largest absolute Gasteiger partial charge is 0.489 e. The van der Waals surface area contributed by atoms with Crippen molar-refractivity contribution >= 4 is 16.9 Å². The maximum atomic E-state index is 11.5. The van der Waals surface area contributed by atoms with E-state index in [2.05, 4.69) is 11.1 Å². The summed E-state index contributed by atoms with van der Waals surface area (Å²) in [4.78, 5) is 16.1. The van der Waals surface area contributed by atoms with E-state index in [1.807, 2.05) is 73.7 Å². The molecular weight excluding hydrogens is 430 g/mol. The first-order chi connectivity index (χ1) is 16.6. The molecule has 0 fully saturated rings. The number of pyridine rings is 1. The van der Waals surface area contributed by atoms with Gasteiger partial charge in [0, 0.05) is 17.4 Å². The van der Waals surface area contributed by atoms with E-state index in [0.717, 1.165) is 40.8 Å². The number of hydrogen-bond donors (Lipinski definition) is 1. The van der Waals surface area contributed by atoms with E-state index in [-0.39, 0.29) is 0 Å². The molecule has 176 valence electrons. The molecule has 0 aliphatic heterocycles. The number of allylic oxidation sites excluding steroid dienone is 2. The van der Waals surface area contributed by atoms with Gasteiger partial charge in [-0.2, -0.15) is 0 Å². The molecule has 3 aromatic rings. The Hall–Kier alpha value is -3.80. The number of ether oxygens (including phenoxy) is 3. The Balaban J connectivity index is 1.33. The molecule has 0 radical (unpaired) electrons. The van der Waals surface area contributed by atoms with Crippen LogP contribution in [0.1, 0.15) is 38.3 Å². The van der Waals surface area contributed by atoms with Gasteiger partial charge >= 0.3 is 5.97 Å². The second kappa shape index (κ2) is 11.4. The summed E-state index contributed by atoms with van der Waals surface area (Å²) < 4.78 is 17.7. The summed E-state index contributed by atoms with van der Waals surface area (Å²) in [5.74, 6) is 1.20. The number of benzene rings is 2. The number of aliphatic carboxylic acids is 1. The quantitative estimate of drug-likeness (QED) is 0.375. The molecule has 1 aliphatic rings. The Morgan fingerprint density at radius 2 is 1.74 bits per heavy atom. The highest BCUT2D eigenvalue weighted by molar-refractivity contribution is 5.78. The van der Waals surface area contributed by atoms with Crippen molar-refractivity contribution < 1.29 is 24.1 Å². The average molecular weight is 460 g/mol. The van der Waals surface area contributed by atoms with Crippen LogP contribution < -0.4 is 9.47 Å². The standard InChI is InChI=1S/C28H29NO5/c1-2-7-27(28(30)31)34-26-11-6-4-9-21(26)18-32-23-14-16-24(17-15-23)33-19-22-13-12-20-8-3-5-10-25(20)29-22/h3-5,8-10,12-17,27H,2,6-7,11,18-19H2,1H3,(H,30,31). The molecule has 1 atom stereocenters. The molecule has 6 heteroatoms. The fourth-order valence-electron chi connectivity index (χ4n) is 3.76. The minimum absolute atomic E-state index is 0.311. The lowest BCUT2D eigenvalue weighted by Gasteiger charge is -2.21. The van der Waals surface area contributed by atoms with E-state index in [1.54, 1.807) is 0 Å². The number of hydrogen-bond acceptors (Lipinski definition) is 5. The Morgan fingerprint density at radius 1 is 1.00 bits per heavy atom. The van der Waals surface area contributed by atoms with Crippen molar-refractivity contribution in [1.29, 1.82) is 0 Å². The SMILES string of the molecule is CCCC(OC1=C(COc2ccc(OCc3ccc4ccccc4n3)cc2)C=CCC1)C(=O)O. The van der Waals surface area contributed by atoms with Crippen molar-refractivity contribution in [2.45, 2.75) is 45.3 Å². The molecule has 1 N–H and O–H groups in total. The lowest BCUT2D eigenvalue weighted by Crippen LogP contribution is -2.24. The summed E-state index contributed by atoms with van der Waals surface area (Å²) in [6.45, 7) is 2.64. The van der Waals surface area contributed by atoms with Gasteiger partial charge < -0.3 is 19.3 Å². The van der Waals surface area contributed by atoms with Crippen LogP contribution in [0, 0.1) is 0 Å². The molecule has 0 amide bonds. The van der Waals surface area contributed by atoms with Crippen LogP contribution >= 0.6 is 0 Å². The van der Waals surface area contributed by atoms with Crippen LogP contribution in [-0.4, -0.2) is 28.8 Å². The number of rotatable bonds is 11. The van der Waals surface area contributed by atoms with E-state index >= 15 is 0 Å². The highest BCUT2D eigenvalue weighted by atomic mass is 16.5. The fraction of sp³-hybridized carbons (Fsp3) is 0.286. The average Bonchev–Trinajstić information content (AvgIpc) is 2.87. The molecule has 0 saturated heterocycles. The lowest BCUT2D eigenvalue weighted by atomic mass is 10.1. The van der Waals surface area contributed by atoms with Crippen LogP contribution in [0.3, 0.4) is 0 Å². The topological polar surface area (TPSA) is 77.9 Å². The second-order valence-corrected chi connectivity index (χ2v) is 8.17. The van der Waals surface area contributed by atoms with Crippen LogP contribution in [0.25, 0.3) is 10.9 Å². The number of carboxylic acids is 1. The monoisotopic (exact) mass is 459 g/mol. The molecule has 0 spiro atoms. The highest BCUT2D eigenvalue weighted by Crippen LogP contribution is 2.25. The van der Waals surface area contributed by atoms with Gasteiger partial charge in [0.1, 0.15) is 30.5 Å². The van der Waals surface area contributed by atoms with Crippen molar-refractivity contribution in [3.63, 3.8) is 0 Å². The van der Waals surface area contributed by atoms with Gasteiger partial charge in [-0.15, -0.1) is 0 Å². The maximum absolute atomic E-state index is 11.5. The minimum atomic E-state index is -0.932. The van der Waals surface area contributed by atoms with Gasteiger partial charge in [0.15, 0.2) is 6.10 Å². The van der Waals surface area contributed by atoms with Crippen LogP contribution in [0.4, 0.5) is 0 Å². The summed E-state index contributed by atoms with van der Waals surface area (Å²) in [6, 6.07) is 19.5. The van der Waals surface area contributed by atoms with E-state index in [9.17, 15) is 9.90 Å². The number of carboxylic acid groups (broad SMARTS) is 1. The molecule has 1 aromatic heterocycles. The number of nitrogens with zero attached hydrogens (tertiary/aromatic N) is 1. The first-order valence-electron chi connectivity index (χ1n) is 11.6. The summed E-state index contributed by atoms with van der Waals surface area (Å²) in [6.07, 6.45) is 5.92. The van der Waals surface area contributed by atoms with Gasteiger partial charge in [0.2, 0.25) is 0 Å². The summed E-state index contributed by atoms with van der Waals surface area (Å²) in [5, 5.41) is 10.5. The fourth-order valence-corrected chi connectivity index (χ4v) is 3.76. The summed E-state index contributed by atoms with van der Waals surface area (Å²) >= 11 is 0. The highest BCUT2D eigenvalue weighted by Gasteiger charge is 2.21. The van der Waals surface area contributed by atoms with E-state index < -0.39 is 12.1 Å². The number of aromatic nitrogens is 1. The van der Waals surface area contributed by atoms with Gasteiger partial charge in [-0.3, -0.25) is 0 Å². The zero-order valence-electron chi connectivity index (χ0n) is 19.3. The molecule has 1 aliphatic carbocycles. The Bertz CT molecular complexity index is 1180. The van der Waals surface area contributed by atoms with Crippen molar-refractivity contribution in [3.8, 4) is 11.5 Å². The van der Waals surface area contributed by atoms with E-state index in [4.69, 9.17) is 14.2 Å². The number of carbonyl (C=O) groups is 1. The molecule has 1 unspecified atom stereocenters. The van der Waals surface area contributed by atoms with Crippen LogP contribution in [0.2, 0.25) is 0 Å². The van der Waals surface area contributed by atoms with Gasteiger partial charge in [-0.1, -0.05) is 49.8 Å². The second-order valence-electron chi connectivity index (χ2n) is 8.17. The van der Waals surface area contributed by atoms with Gasteiger partial charge in [-0.25, -0.2) is 9.78 Å². The predicted octanol–water partition coefficient (Wildman–Crippen LogP) is 6.07. The molecule has 6 nitrogen and oxygen atoms in total. The van der Waals surface area contributed by atoms with Crippen molar-refractivity contribution in [3.05, 3.63) is 89.8 Å². The third-order valence-electron chi connectivity index (χ3n) is 5.59. The molecular formula is C28H29NO5. The first kappa shape index (κ1) is 23.4. The van der Waals surface area contributed by atoms with Crippen LogP contribution in [0.15, 0.2) is 84.1 Å². The minimum Gasteiger partial charge on any atom is -0.489 e. The Morgan fingerprint density at radius 3 is 2.47 bits per heavy atom. The summed E-state index contributed by atoms with van der Waals surface area (Å²) in [5.41, 5.74) is 2.69. The normalized spacial score (nSPS) is 14.1. The van der Waals surface area contributed by atoms with Gasteiger partial charge in [0.05, 0.1) is 11.2 Å². The first-order valence-corrected chi connectivity index (χ1v) is 11.6. The molecule has 0 bridgehead atoms. The van der Waals surface area contributed by atoms with Crippen LogP contribution in [-0.2, 0) is 16.1 Å². The third-order valence-corrected chi connectivity index (χ3v) is 5.59. The van der Waals surface area contributed by atoms with E-state index in [0.29, 0.717) is 37.6 Å². The smallest absolute Gasteiger partial charge is 0.344 e. The van der Waals surface area contributed by atoms with E-state index in [1.165, 1.54) is 0 Å². The zero-order chi connectivity index (χ0) is 23.8. The van der Waals surface area contributed by atoms with Gasteiger partial charge in [0.25, 0.3) is 0 Å². The predicted molar refractivity (Wildman–Crippen MR) is 131 cm³/mol. The third kappa shape index (κ3) is 6.16. The van der Waals surface area contributed by atoms with Crippen molar-refractivity contribution in [2.75, 3.05) is 6.61 Å². The Kier molecular flexibility index (Phi) is 7.81. The number of fused-ring (bicyclic) bond motifs is 1. The van der Waals surface area contributed by atoms with Crippen LogP contribution in [0.5, 0.6) is 11.5 Å². The molecule has 34 heavy (non-hydrogen) atoms. The summed E-state index contributed by atoms with van der Waals surface area (Å²) in [7, 11) is 0. The zero-order valence-corrected chi connectivity index (χ0v) is 19.3. The molecule has 4 rings (SSSR count). The molecule has 0 saturated carbocycles. The van der Waals surface area contributed by atoms with Gasteiger partial charge in [-0.05, 0) is 49.2 Å². The Labute approximate surface area is 199 Å². The van der Waals surface area contributed by atoms with Crippen molar-refractivity contribution in [1.82, 2.24) is 4.98 Å². The van der Waals surface area contributed by atoms with Crippen molar-refractivity contribution in [2.24, 2.45) is 0 Å². The number of para-hydroxylation sites is 1. The lowest BCUT2D eigenvalue weighted by molar-refractivity contribution is -0.148. The molecule has 1 heterocycles.